The minimum Gasteiger partial charge on any atom is -0.192 e. The first-order valence-electron chi connectivity index (χ1n) is 3.36. The Labute approximate surface area is 71.0 Å². The van der Waals surface area contributed by atoms with Gasteiger partial charge in [-0.2, -0.15) is 10.5 Å². The van der Waals surface area contributed by atoms with Crippen LogP contribution >= 0.6 is 0 Å². The van der Waals surface area contributed by atoms with E-state index in [0.29, 0.717) is 0 Å². The second-order valence-corrected chi connectivity index (χ2v) is 2.09. The highest BCUT2D eigenvalue weighted by Gasteiger charge is 1.97. The second kappa shape index (κ2) is 3.95. The molecule has 0 heterocycles. The Morgan fingerprint density at radius 2 is 1.75 bits per heavy atom. The average Bonchev–Trinajstić information content (AvgIpc) is 2.15. The first-order valence-corrected chi connectivity index (χ1v) is 3.36. The van der Waals surface area contributed by atoms with Crippen LogP contribution in [0.2, 0.25) is 0 Å². The van der Waals surface area contributed by atoms with Crippen molar-refractivity contribution in [1.29, 1.82) is 10.5 Å². The summed E-state index contributed by atoms with van der Waals surface area (Å²) in [5.74, 6) is 0. The number of hydrogen-bond donors (Lipinski definition) is 0. The lowest BCUT2D eigenvalue weighted by molar-refractivity contribution is 1.49. The summed E-state index contributed by atoms with van der Waals surface area (Å²) in [7, 11) is 0. The largest absolute Gasteiger partial charge is 0.192 e. The van der Waals surface area contributed by atoms with Crippen LogP contribution in [-0.4, -0.2) is 0 Å². The highest BCUT2D eigenvalue weighted by molar-refractivity contribution is 5.76. The maximum absolute atomic E-state index is 8.61. The van der Waals surface area contributed by atoms with Gasteiger partial charge in [0.1, 0.15) is 12.1 Å². The van der Waals surface area contributed by atoms with Crippen LogP contribution in [0.3, 0.4) is 0 Å². The van der Waals surface area contributed by atoms with Gasteiger partial charge in [-0.1, -0.05) is 30.3 Å². The predicted octanol–water partition coefficient (Wildman–Crippen LogP) is 1.92. The molecule has 0 fully saturated rings. The fraction of sp³-hybridized carbons (Fsp3) is 0. The van der Waals surface area contributed by atoms with E-state index in [4.69, 9.17) is 10.5 Å². The third-order valence-corrected chi connectivity index (χ3v) is 1.36. The maximum Gasteiger partial charge on any atom is 0.102 e. The minimum absolute atomic E-state index is 0.276. The predicted molar refractivity (Wildman–Crippen MR) is 44.3 cm³/mol. The molecule has 0 unspecified atom stereocenters. The van der Waals surface area contributed by atoms with Gasteiger partial charge in [0.25, 0.3) is 0 Å². The third-order valence-electron chi connectivity index (χ3n) is 1.36. The number of hydrogen-bond acceptors (Lipinski definition) is 2. The van der Waals surface area contributed by atoms with Gasteiger partial charge in [-0.05, 0) is 5.56 Å². The van der Waals surface area contributed by atoms with Crippen LogP contribution in [0.1, 0.15) is 5.56 Å². The van der Waals surface area contributed by atoms with Crippen molar-refractivity contribution in [1.82, 2.24) is 0 Å². The van der Waals surface area contributed by atoms with Gasteiger partial charge in [0.2, 0.25) is 0 Å². The molecule has 0 saturated heterocycles. The molecule has 0 atom stereocenters. The first-order chi connectivity index (χ1) is 5.88. The number of rotatable bonds is 1. The second-order valence-electron chi connectivity index (χ2n) is 2.09. The zero-order valence-corrected chi connectivity index (χ0v) is 6.28. The van der Waals surface area contributed by atoms with E-state index in [0.717, 1.165) is 5.56 Å². The van der Waals surface area contributed by atoms with E-state index < -0.39 is 0 Å². The molecule has 2 nitrogen and oxygen atoms in total. The highest BCUT2D eigenvalue weighted by atomic mass is 14.3. The molecule has 0 spiro atoms. The van der Waals surface area contributed by atoms with Crippen LogP contribution in [0.4, 0.5) is 0 Å². The summed E-state index contributed by atoms with van der Waals surface area (Å²) >= 11 is 0. The van der Waals surface area contributed by atoms with Gasteiger partial charge in [-0.25, -0.2) is 0 Å². The summed E-state index contributed by atoms with van der Waals surface area (Å²) in [6.07, 6.45) is 2.31. The van der Waals surface area contributed by atoms with E-state index >= 15 is 0 Å². The smallest absolute Gasteiger partial charge is 0.102 e. The SMILES string of the molecule is N#C[C]=C(C#N)c1ccccc1. The van der Waals surface area contributed by atoms with Crippen molar-refractivity contribution < 1.29 is 0 Å². The van der Waals surface area contributed by atoms with E-state index in [1.807, 2.05) is 24.3 Å². The van der Waals surface area contributed by atoms with Crippen molar-refractivity contribution in [2.75, 3.05) is 0 Å². The quantitative estimate of drug-likeness (QED) is 0.578. The van der Waals surface area contributed by atoms with Crippen LogP contribution in [-0.2, 0) is 0 Å². The molecule has 0 saturated carbocycles. The van der Waals surface area contributed by atoms with Crippen molar-refractivity contribution in [2.24, 2.45) is 0 Å². The minimum atomic E-state index is 0.276. The van der Waals surface area contributed by atoms with E-state index in [-0.39, 0.29) is 5.57 Å². The Morgan fingerprint density at radius 3 is 2.25 bits per heavy atom. The van der Waals surface area contributed by atoms with Crippen molar-refractivity contribution in [2.45, 2.75) is 0 Å². The molecule has 1 radical (unpaired) electrons. The number of nitriles is 2. The Hall–Kier alpha value is -2.06. The first kappa shape index (κ1) is 8.04. The van der Waals surface area contributed by atoms with Gasteiger partial charge in [-0.3, -0.25) is 0 Å². The maximum atomic E-state index is 8.61. The topological polar surface area (TPSA) is 47.6 Å². The molecule has 12 heavy (non-hydrogen) atoms. The highest BCUT2D eigenvalue weighted by Crippen LogP contribution is 2.10. The van der Waals surface area contributed by atoms with Gasteiger partial charge >= 0.3 is 0 Å². The molecular weight excluding hydrogens is 148 g/mol. The van der Waals surface area contributed by atoms with Crippen LogP contribution in [0.5, 0.6) is 0 Å². The fourth-order valence-corrected chi connectivity index (χ4v) is 0.825. The zero-order valence-electron chi connectivity index (χ0n) is 6.28. The van der Waals surface area contributed by atoms with Crippen LogP contribution < -0.4 is 0 Å². The normalized spacial score (nSPS) is 10.0. The standard InChI is InChI=1S/C10H5N2/c11-7-6-10(8-12)9-4-2-1-3-5-9/h1-5H. The number of benzene rings is 1. The van der Waals surface area contributed by atoms with Crippen molar-refractivity contribution >= 4 is 5.57 Å². The van der Waals surface area contributed by atoms with Gasteiger partial charge in [0.05, 0.1) is 11.6 Å². The lowest BCUT2D eigenvalue weighted by Crippen LogP contribution is -1.78. The molecule has 0 aliphatic carbocycles. The van der Waals surface area contributed by atoms with E-state index in [1.54, 1.807) is 18.2 Å². The molecule has 1 aromatic carbocycles. The lowest BCUT2D eigenvalue weighted by Gasteiger charge is -1.93. The van der Waals surface area contributed by atoms with E-state index in [9.17, 15) is 0 Å². The molecule has 0 amide bonds. The van der Waals surface area contributed by atoms with Gasteiger partial charge < -0.3 is 0 Å². The molecule has 55 valence electrons. The fourth-order valence-electron chi connectivity index (χ4n) is 0.825. The van der Waals surface area contributed by atoms with Crippen LogP contribution in [0.25, 0.3) is 5.57 Å². The monoisotopic (exact) mass is 153 g/mol. The Morgan fingerprint density at radius 1 is 1.08 bits per heavy atom. The summed E-state index contributed by atoms with van der Waals surface area (Å²) in [6.45, 7) is 0. The summed E-state index contributed by atoms with van der Waals surface area (Å²) in [5.41, 5.74) is 1.000. The zero-order chi connectivity index (χ0) is 8.81. The molecule has 0 bridgehead atoms. The number of allylic oxidation sites excluding steroid dienone is 2. The van der Waals surface area contributed by atoms with Gasteiger partial charge in [0.15, 0.2) is 0 Å². The average molecular weight is 153 g/mol. The molecule has 0 aliphatic rings. The molecular formula is C10H5N2. The van der Waals surface area contributed by atoms with Crippen molar-refractivity contribution in [3.63, 3.8) is 0 Å². The summed E-state index contributed by atoms with van der Waals surface area (Å²) in [4.78, 5) is 0. The van der Waals surface area contributed by atoms with Crippen molar-refractivity contribution in [3.05, 3.63) is 42.0 Å². The molecule has 2 heteroatoms. The summed E-state index contributed by atoms with van der Waals surface area (Å²) in [6, 6.07) is 12.6. The molecule has 0 aliphatic heterocycles. The Kier molecular flexibility index (Phi) is 2.65. The lowest BCUT2D eigenvalue weighted by atomic mass is 10.1. The van der Waals surface area contributed by atoms with Crippen LogP contribution in [0.15, 0.2) is 30.3 Å². The molecule has 1 aromatic rings. The molecule has 1 rings (SSSR count). The molecule has 0 aromatic heterocycles. The van der Waals surface area contributed by atoms with Gasteiger partial charge in [-0.15, -0.1) is 0 Å². The number of nitrogens with zero attached hydrogens (tertiary/aromatic N) is 2. The van der Waals surface area contributed by atoms with Gasteiger partial charge in [0, 0.05) is 0 Å². The Balaban J connectivity index is 3.09. The summed E-state index contributed by atoms with van der Waals surface area (Å²) in [5, 5.41) is 16.9. The van der Waals surface area contributed by atoms with E-state index in [1.165, 1.54) is 0 Å². The van der Waals surface area contributed by atoms with Crippen LogP contribution in [0, 0.1) is 28.7 Å². The summed E-state index contributed by atoms with van der Waals surface area (Å²) < 4.78 is 0. The van der Waals surface area contributed by atoms with Crippen molar-refractivity contribution in [3.8, 4) is 12.1 Å². The Bertz CT molecular complexity index is 363. The third kappa shape index (κ3) is 1.71. The van der Waals surface area contributed by atoms with E-state index in [2.05, 4.69) is 6.08 Å². The molecule has 0 N–H and O–H groups in total.